The van der Waals surface area contributed by atoms with Crippen molar-refractivity contribution in [3.8, 4) is 5.75 Å². The lowest BCUT2D eigenvalue weighted by Crippen LogP contribution is -2.25. The van der Waals surface area contributed by atoms with E-state index in [0.29, 0.717) is 18.8 Å². The summed E-state index contributed by atoms with van der Waals surface area (Å²) in [5, 5.41) is 0. The fraction of sp³-hybridized carbons (Fsp3) is 0.455. The fourth-order valence-electron chi connectivity index (χ4n) is 1.39. The van der Waals surface area contributed by atoms with Gasteiger partial charge in [0.05, 0.1) is 7.11 Å². The lowest BCUT2D eigenvalue weighted by Gasteiger charge is -2.10. The summed E-state index contributed by atoms with van der Waals surface area (Å²) in [5.74, 6) is 0.346. The highest BCUT2D eigenvalue weighted by atomic mass is 35.5. The van der Waals surface area contributed by atoms with Crippen LogP contribution in [0.5, 0.6) is 5.75 Å². The molecule has 3 N–H and O–H groups in total. The number of halogens is 1. The van der Waals surface area contributed by atoms with E-state index < -0.39 is 10.0 Å². The highest BCUT2D eigenvalue weighted by Gasteiger charge is 2.17. The first-order chi connectivity index (χ1) is 8.11. The monoisotopic (exact) mass is 294 g/mol. The van der Waals surface area contributed by atoms with E-state index in [2.05, 4.69) is 4.72 Å². The topological polar surface area (TPSA) is 81.4 Å². The van der Waals surface area contributed by atoms with Crippen LogP contribution >= 0.6 is 12.4 Å². The molecule has 5 nitrogen and oxygen atoms in total. The van der Waals surface area contributed by atoms with Crippen molar-refractivity contribution in [2.24, 2.45) is 5.73 Å². The Bertz CT molecular complexity index is 451. The second-order valence-electron chi connectivity index (χ2n) is 3.54. The summed E-state index contributed by atoms with van der Waals surface area (Å²) < 4.78 is 31.4. The highest BCUT2D eigenvalue weighted by molar-refractivity contribution is 7.89. The van der Waals surface area contributed by atoms with Crippen LogP contribution < -0.4 is 15.2 Å². The van der Waals surface area contributed by atoms with Crippen LogP contribution in [-0.4, -0.2) is 28.6 Å². The van der Waals surface area contributed by atoms with Gasteiger partial charge in [-0.3, -0.25) is 0 Å². The Morgan fingerprint density at radius 2 is 1.94 bits per heavy atom. The molecule has 0 bridgehead atoms. The minimum absolute atomic E-state index is 0. The third kappa shape index (κ3) is 4.81. The van der Waals surface area contributed by atoms with Crippen LogP contribution in [-0.2, 0) is 10.0 Å². The first-order valence-corrected chi connectivity index (χ1v) is 6.93. The SMILES string of the molecule is COc1ccccc1S(=O)(=O)NCCCCN.Cl. The van der Waals surface area contributed by atoms with Crippen molar-refractivity contribution < 1.29 is 13.2 Å². The number of rotatable bonds is 7. The van der Waals surface area contributed by atoms with Gasteiger partial charge in [0.2, 0.25) is 10.0 Å². The van der Waals surface area contributed by atoms with Crippen molar-refractivity contribution in [2.45, 2.75) is 17.7 Å². The standard InChI is InChI=1S/C11H18N2O3S.ClH/c1-16-10-6-2-3-7-11(10)17(14,15)13-9-5-4-8-12;/h2-3,6-7,13H,4-5,8-9,12H2,1H3;1H. The summed E-state index contributed by atoms with van der Waals surface area (Å²) in [5.41, 5.74) is 5.34. The van der Waals surface area contributed by atoms with E-state index in [9.17, 15) is 8.42 Å². The predicted octanol–water partition coefficient (Wildman–Crippen LogP) is 1.13. The van der Waals surface area contributed by atoms with Gasteiger partial charge < -0.3 is 10.5 Å². The Labute approximate surface area is 114 Å². The molecule has 18 heavy (non-hydrogen) atoms. The van der Waals surface area contributed by atoms with Crippen molar-refractivity contribution in [1.82, 2.24) is 4.72 Å². The van der Waals surface area contributed by atoms with Crippen molar-refractivity contribution in [2.75, 3.05) is 20.2 Å². The van der Waals surface area contributed by atoms with E-state index in [1.54, 1.807) is 18.2 Å². The molecule has 0 radical (unpaired) electrons. The van der Waals surface area contributed by atoms with E-state index in [1.807, 2.05) is 0 Å². The molecule has 0 fully saturated rings. The molecule has 0 atom stereocenters. The third-order valence-electron chi connectivity index (χ3n) is 2.28. The Balaban J connectivity index is 0.00000289. The molecule has 0 unspecified atom stereocenters. The molecule has 0 aromatic heterocycles. The van der Waals surface area contributed by atoms with Crippen LogP contribution in [0.4, 0.5) is 0 Å². The molecular weight excluding hydrogens is 276 g/mol. The lowest BCUT2D eigenvalue weighted by molar-refractivity contribution is 0.402. The van der Waals surface area contributed by atoms with E-state index in [0.717, 1.165) is 12.8 Å². The minimum Gasteiger partial charge on any atom is -0.495 e. The molecular formula is C11H19ClN2O3S. The Morgan fingerprint density at radius 1 is 1.28 bits per heavy atom. The number of nitrogens with two attached hydrogens (primary N) is 1. The van der Waals surface area contributed by atoms with Crippen molar-refractivity contribution >= 4 is 22.4 Å². The molecule has 104 valence electrons. The van der Waals surface area contributed by atoms with E-state index >= 15 is 0 Å². The van der Waals surface area contributed by atoms with Gasteiger partial charge in [-0.15, -0.1) is 12.4 Å². The van der Waals surface area contributed by atoms with Gasteiger partial charge in [0.25, 0.3) is 0 Å². The van der Waals surface area contributed by atoms with Crippen LogP contribution in [0.25, 0.3) is 0 Å². The van der Waals surface area contributed by atoms with Crippen molar-refractivity contribution in [3.05, 3.63) is 24.3 Å². The zero-order valence-corrected chi connectivity index (χ0v) is 11.9. The van der Waals surface area contributed by atoms with Gasteiger partial charge in [-0.2, -0.15) is 0 Å². The molecule has 0 aliphatic rings. The van der Waals surface area contributed by atoms with Gasteiger partial charge in [-0.05, 0) is 31.5 Å². The maximum Gasteiger partial charge on any atom is 0.244 e. The number of sulfonamides is 1. The van der Waals surface area contributed by atoms with Crippen LogP contribution in [0.15, 0.2) is 29.2 Å². The number of methoxy groups -OCH3 is 1. The first-order valence-electron chi connectivity index (χ1n) is 5.44. The molecule has 0 aliphatic carbocycles. The van der Waals surface area contributed by atoms with Crippen molar-refractivity contribution in [3.63, 3.8) is 0 Å². The number of hydrogen-bond acceptors (Lipinski definition) is 4. The zero-order valence-electron chi connectivity index (χ0n) is 10.3. The molecule has 0 saturated carbocycles. The third-order valence-corrected chi connectivity index (χ3v) is 3.78. The summed E-state index contributed by atoms with van der Waals surface area (Å²) in [6.07, 6.45) is 1.53. The number of benzene rings is 1. The molecule has 1 aromatic rings. The van der Waals surface area contributed by atoms with E-state index in [1.165, 1.54) is 13.2 Å². The number of nitrogens with one attached hydrogen (secondary N) is 1. The summed E-state index contributed by atoms with van der Waals surface area (Å²) >= 11 is 0. The van der Waals surface area contributed by atoms with E-state index in [-0.39, 0.29) is 17.3 Å². The summed E-state index contributed by atoms with van der Waals surface area (Å²) in [6.45, 7) is 0.952. The maximum atomic E-state index is 12.0. The van der Waals surface area contributed by atoms with Crippen molar-refractivity contribution in [1.29, 1.82) is 0 Å². The Kier molecular flexibility index (Phi) is 7.93. The Morgan fingerprint density at radius 3 is 2.56 bits per heavy atom. The zero-order chi connectivity index (χ0) is 12.7. The van der Waals surface area contributed by atoms with E-state index in [4.69, 9.17) is 10.5 Å². The molecule has 0 amide bonds. The number of unbranched alkanes of at least 4 members (excludes halogenated alkanes) is 1. The maximum absolute atomic E-state index is 12.0. The average molecular weight is 295 g/mol. The normalized spacial score (nSPS) is 10.8. The van der Waals surface area contributed by atoms with Gasteiger partial charge >= 0.3 is 0 Å². The Hall–Kier alpha value is -0.820. The van der Waals surface area contributed by atoms with Gasteiger partial charge in [0.1, 0.15) is 10.6 Å². The van der Waals surface area contributed by atoms with Gasteiger partial charge in [0, 0.05) is 6.54 Å². The summed E-state index contributed by atoms with van der Waals surface area (Å²) in [7, 11) is -2.05. The van der Waals surface area contributed by atoms with Crippen LogP contribution in [0.3, 0.4) is 0 Å². The number of hydrogen-bond donors (Lipinski definition) is 2. The molecule has 0 heterocycles. The molecule has 0 aliphatic heterocycles. The van der Waals surface area contributed by atoms with Gasteiger partial charge in [-0.1, -0.05) is 12.1 Å². The minimum atomic E-state index is -3.50. The lowest BCUT2D eigenvalue weighted by atomic mass is 10.3. The largest absolute Gasteiger partial charge is 0.495 e. The van der Waals surface area contributed by atoms with Crippen LogP contribution in [0.1, 0.15) is 12.8 Å². The van der Waals surface area contributed by atoms with Crippen LogP contribution in [0.2, 0.25) is 0 Å². The molecule has 0 spiro atoms. The second-order valence-corrected chi connectivity index (χ2v) is 5.28. The van der Waals surface area contributed by atoms with Gasteiger partial charge in [-0.25, -0.2) is 13.1 Å². The number of para-hydroxylation sites is 1. The number of ether oxygens (including phenoxy) is 1. The average Bonchev–Trinajstić information content (AvgIpc) is 2.34. The van der Waals surface area contributed by atoms with Crippen LogP contribution in [0, 0.1) is 0 Å². The molecule has 1 rings (SSSR count). The smallest absolute Gasteiger partial charge is 0.244 e. The summed E-state index contributed by atoms with van der Waals surface area (Å²) in [6, 6.07) is 6.53. The molecule has 1 aromatic carbocycles. The quantitative estimate of drug-likeness (QED) is 0.739. The van der Waals surface area contributed by atoms with Gasteiger partial charge in [0.15, 0.2) is 0 Å². The molecule has 0 saturated heterocycles. The first kappa shape index (κ1) is 17.2. The predicted molar refractivity (Wildman–Crippen MR) is 73.7 cm³/mol. The molecule has 7 heteroatoms. The fourth-order valence-corrected chi connectivity index (χ4v) is 2.64. The summed E-state index contributed by atoms with van der Waals surface area (Å²) in [4.78, 5) is 0.162. The highest BCUT2D eigenvalue weighted by Crippen LogP contribution is 2.22. The second kappa shape index (κ2) is 8.31.